The number of nitrogens with zero attached hydrogens (tertiary/aromatic N) is 2. The van der Waals surface area contributed by atoms with Crippen LogP contribution in [0.3, 0.4) is 0 Å². The van der Waals surface area contributed by atoms with Gasteiger partial charge in [0.25, 0.3) is 0 Å². The maximum atomic E-state index is 12.5. The van der Waals surface area contributed by atoms with Gasteiger partial charge in [-0.1, -0.05) is 60.7 Å². The molecule has 1 aliphatic heterocycles. The van der Waals surface area contributed by atoms with Gasteiger partial charge in [-0.15, -0.1) is 4.40 Å². The van der Waals surface area contributed by atoms with Crippen molar-refractivity contribution in [2.24, 2.45) is 4.40 Å². The summed E-state index contributed by atoms with van der Waals surface area (Å²) in [5.41, 5.74) is 2.28. The van der Waals surface area contributed by atoms with E-state index in [1.165, 1.54) is 4.31 Å². The highest BCUT2D eigenvalue weighted by Gasteiger charge is 2.30. The molecule has 0 atom stereocenters. The molecule has 0 unspecified atom stereocenters. The normalized spacial score (nSPS) is 16.6. The van der Waals surface area contributed by atoms with Crippen LogP contribution in [0.4, 0.5) is 0 Å². The summed E-state index contributed by atoms with van der Waals surface area (Å²) in [6, 6.07) is 18.7. The third-order valence-electron chi connectivity index (χ3n) is 3.47. The Morgan fingerprint density at radius 3 is 1.86 bits per heavy atom. The highest BCUT2D eigenvalue weighted by molar-refractivity contribution is 7.88. The summed E-state index contributed by atoms with van der Waals surface area (Å²) in [5, 5.41) is 0. The molecule has 0 aromatic heterocycles. The number of allylic oxidation sites excluding steroid dienone is 1. The minimum Gasteiger partial charge on any atom is -0.247 e. The second-order valence-electron chi connectivity index (χ2n) is 5.08. The summed E-state index contributed by atoms with van der Waals surface area (Å²) in [6.07, 6.45) is 3.29. The van der Waals surface area contributed by atoms with Gasteiger partial charge in [-0.3, -0.25) is 0 Å². The zero-order chi connectivity index (χ0) is 15.6. The van der Waals surface area contributed by atoms with Gasteiger partial charge in [0, 0.05) is 6.20 Å². The van der Waals surface area contributed by atoms with E-state index in [1.807, 2.05) is 60.7 Å². The second kappa shape index (κ2) is 5.77. The Morgan fingerprint density at radius 1 is 0.909 bits per heavy atom. The van der Waals surface area contributed by atoms with Crippen molar-refractivity contribution in [3.63, 3.8) is 0 Å². The largest absolute Gasteiger partial charge is 0.345 e. The van der Waals surface area contributed by atoms with E-state index in [0.717, 1.165) is 11.1 Å². The first-order chi connectivity index (χ1) is 10.6. The van der Waals surface area contributed by atoms with Crippen molar-refractivity contribution < 1.29 is 8.42 Å². The fraction of sp³-hybridized carbons (Fsp3) is 0.118. The van der Waals surface area contributed by atoms with Gasteiger partial charge in [-0.05, 0) is 24.1 Å². The van der Waals surface area contributed by atoms with Crippen molar-refractivity contribution in [2.45, 2.75) is 13.0 Å². The van der Waals surface area contributed by atoms with Gasteiger partial charge >= 0.3 is 10.2 Å². The van der Waals surface area contributed by atoms with E-state index in [-0.39, 0.29) is 0 Å². The van der Waals surface area contributed by atoms with E-state index in [4.69, 9.17) is 0 Å². The molecular formula is C17H16N2O2S. The molecular weight excluding hydrogens is 296 g/mol. The molecule has 22 heavy (non-hydrogen) atoms. The van der Waals surface area contributed by atoms with E-state index in [0.29, 0.717) is 5.71 Å². The van der Waals surface area contributed by atoms with E-state index >= 15 is 0 Å². The van der Waals surface area contributed by atoms with Crippen LogP contribution < -0.4 is 0 Å². The Kier molecular flexibility index (Phi) is 3.81. The van der Waals surface area contributed by atoms with Crippen LogP contribution in [0.5, 0.6) is 0 Å². The molecule has 5 heteroatoms. The molecule has 1 aliphatic rings. The first-order valence-electron chi connectivity index (χ1n) is 6.96. The zero-order valence-corrected chi connectivity index (χ0v) is 12.9. The van der Waals surface area contributed by atoms with Crippen LogP contribution in [0.15, 0.2) is 77.3 Å². The third kappa shape index (κ3) is 2.80. The van der Waals surface area contributed by atoms with Crippen molar-refractivity contribution >= 4 is 15.9 Å². The Labute approximate surface area is 130 Å². The summed E-state index contributed by atoms with van der Waals surface area (Å²) >= 11 is 0. The molecule has 0 saturated heterocycles. The molecule has 2 aromatic rings. The lowest BCUT2D eigenvalue weighted by Crippen LogP contribution is -2.32. The van der Waals surface area contributed by atoms with Gasteiger partial charge in [0.15, 0.2) is 0 Å². The molecule has 0 N–H and O–H groups in total. The summed E-state index contributed by atoms with van der Waals surface area (Å²) < 4.78 is 30.0. The molecule has 0 spiro atoms. The highest BCUT2D eigenvalue weighted by atomic mass is 32.2. The minimum atomic E-state index is -3.73. The Balaban J connectivity index is 2.14. The van der Waals surface area contributed by atoms with Crippen LogP contribution in [0.2, 0.25) is 0 Å². The fourth-order valence-electron chi connectivity index (χ4n) is 2.49. The van der Waals surface area contributed by atoms with Crippen molar-refractivity contribution in [3.8, 4) is 0 Å². The highest BCUT2D eigenvalue weighted by Crippen LogP contribution is 2.32. The molecule has 0 saturated carbocycles. The Bertz CT molecular complexity index is 773. The lowest BCUT2D eigenvalue weighted by molar-refractivity contribution is 0.449. The molecule has 112 valence electrons. The van der Waals surface area contributed by atoms with Gasteiger partial charge < -0.3 is 0 Å². The SMILES string of the molecule is CC1=NS(=O)(=O)N(C(c2ccccc2)c2ccccc2)C=C1. The average Bonchev–Trinajstić information content (AvgIpc) is 2.51. The standard InChI is InChI=1S/C17H16N2O2S/c1-14-12-13-19(22(20,21)18-14)17(15-8-4-2-5-9-15)16-10-6-3-7-11-16/h2-13,17H,1H3. The predicted octanol–water partition coefficient (Wildman–Crippen LogP) is 3.31. The van der Waals surface area contributed by atoms with E-state index in [2.05, 4.69) is 4.40 Å². The van der Waals surface area contributed by atoms with Gasteiger partial charge in [0.2, 0.25) is 0 Å². The zero-order valence-electron chi connectivity index (χ0n) is 12.1. The number of hydrogen-bond acceptors (Lipinski definition) is 2. The minimum absolute atomic E-state index is 0.430. The monoisotopic (exact) mass is 312 g/mol. The molecule has 0 amide bonds. The predicted molar refractivity (Wildman–Crippen MR) is 87.7 cm³/mol. The quantitative estimate of drug-likeness (QED) is 0.873. The molecule has 0 bridgehead atoms. The molecule has 2 aromatic carbocycles. The fourth-order valence-corrected chi connectivity index (χ4v) is 3.74. The van der Waals surface area contributed by atoms with Crippen LogP contribution in [0.1, 0.15) is 24.1 Å². The van der Waals surface area contributed by atoms with E-state index < -0.39 is 16.3 Å². The smallest absolute Gasteiger partial charge is 0.247 e. The topological polar surface area (TPSA) is 49.7 Å². The van der Waals surface area contributed by atoms with Gasteiger partial charge in [-0.25, -0.2) is 4.31 Å². The summed E-state index contributed by atoms with van der Waals surface area (Å²) in [4.78, 5) is 0. The summed E-state index contributed by atoms with van der Waals surface area (Å²) in [5.74, 6) is 0. The van der Waals surface area contributed by atoms with Crippen molar-refractivity contribution in [2.75, 3.05) is 0 Å². The van der Waals surface area contributed by atoms with Crippen LogP contribution >= 0.6 is 0 Å². The maximum absolute atomic E-state index is 12.5. The number of rotatable bonds is 3. The van der Waals surface area contributed by atoms with Crippen LogP contribution in [0, 0.1) is 0 Å². The lowest BCUT2D eigenvalue weighted by atomic mass is 9.99. The molecule has 0 fully saturated rings. The molecule has 0 radical (unpaired) electrons. The Morgan fingerprint density at radius 2 is 1.41 bits per heavy atom. The van der Waals surface area contributed by atoms with E-state index in [1.54, 1.807) is 19.2 Å². The lowest BCUT2D eigenvalue weighted by Gasteiger charge is -2.30. The van der Waals surface area contributed by atoms with Crippen LogP contribution in [-0.2, 0) is 10.2 Å². The maximum Gasteiger partial charge on any atom is 0.345 e. The van der Waals surface area contributed by atoms with Gasteiger partial charge in [0.05, 0.1) is 11.8 Å². The molecule has 0 aliphatic carbocycles. The van der Waals surface area contributed by atoms with Gasteiger partial charge in [0.1, 0.15) is 0 Å². The third-order valence-corrected chi connectivity index (χ3v) is 4.86. The molecule has 1 heterocycles. The van der Waals surface area contributed by atoms with Crippen molar-refractivity contribution in [3.05, 3.63) is 84.1 Å². The van der Waals surface area contributed by atoms with Crippen LogP contribution in [0.25, 0.3) is 0 Å². The first kappa shape index (κ1) is 14.5. The number of hydrogen-bond donors (Lipinski definition) is 0. The first-order valence-corrected chi connectivity index (χ1v) is 8.36. The summed E-state index contributed by atoms with van der Waals surface area (Å²) in [7, 11) is -3.73. The van der Waals surface area contributed by atoms with Crippen molar-refractivity contribution in [1.29, 1.82) is 0 Å². The Hall–Kier alpha value is -2.40. The van der Waals surface area contributed by atoms with Crippen LogP contribution in [-0.4, -0.2) is 18.4 Å². The molecule has 4 nitrogen and oxygen atoms in total. The summed E-state index contributed by atoms with van der Waals surface area (Å²) in [6.45, 7) is 1.67. The van der Waals surface area contributed by atoms with Gasteiger partial charge in [-0.2, -0.15) is 8.42 Å². The molecule has 3 rings (SSSR count). The number of benzene rings is 2. The van der Waals surface area contributed by atoms with E-state index in [9.17, 15) is 8.42 Å². The van der Waals surface area contributed by atoms with Crippen molar-refractivity contribution in [1.82, 2.24) is 4.31 Å². The second-order valence-corrected chi connectivity index (χ2v) is 6.58. The average molecular weight is 312 g/mol.